The number of thiophene rings is 1. The van der Waals surface area contributed by atoms with Gasteiger partial charge in [-0.15, -0.1) is 11.3 Å². The molecule has 0 unspecified atom stereocenters. The second-order valence-corrected chi connectivity index (χ2v) is 6.20. The Kier molecular flexibility index (Phi) is 3.53. The number of carbonyl (C=O) groups excluding carboxylic acids is 1. The van der Waals surface area contributed by atoms with E-state index in [-0.39, 0.29) is 5.91 Å². The van der Waals surface area contributed by atoms with E-state index in [4.69, 9.17) is 5.73 Å². The number of amides is 1. The van der Waals surface area contributed by atoms with Crippen LogP contribution in [0.1, 0.15) is 46.7 Å². The second kappa shape index (κ2) is 5.32. The molecule has 0 spiro atoms. The van der Waals surface area contributed by atoms with E-state index in [1.54, 1.807) is 17.4 Å². The van der Waals surface area contributed by atoms with Crippen LogP contribution in [0, 0.1) is 0 Å². The molecule has 5 heteroatoms. The predicted molar refractivity (Wildman–Crippen MR) is 82.0 cm³/mol. The largest absolute Gasteiger partial charge is 0.397 e. The molecular weight excluding hydrogens is 270 g/mol. The normalized spacial score (nSPS) is 14.4. The maximum Gasteiger partial charge on any atom is 0.268 e. The Bertz CT molecular complexity index is 625. The van der Waals surface area contributed by atoms with Gasteiger partial charge < -0.3 is 15.6 Å². The van der Waals surface area contributed by atoms with Crippen LogP contribution in [0.3, 0.4) is 0 Å². The standard InChI is InChI=1S/C15H19N3OS/c1-2-10-5-6-20-14(10)8-17-15(19)13-7-11(16)9-18(13)12-3-4-12/h5-7,9,12H,2-4,8,16H2,1H3,(H,17,19). The highest BCUT2D eigenvalue weighted by Crippen LogP contribution is 2.37. The van der Waals surface area contributed by atoms with E-state index in [0.717, 1.165) is 19.3 Å². The van der Waals surface area contributed by atoms with Gasteiger partial charge in [0.25, 0.3) is 5.91 Å². The number of hydrogen-bond acceptors (Lipinski definition) is 3. The lowest BCUT2D eigenvalue weighted by atomic mass is 10.2. The number of rotatable bonds is 5. The maximum atomic E-state index is 12.3. The first-order valence-electron chi connectivity index (χ1n) is 6.99. The number of nitrogens with zero attached hydrogens (tertiary/aromatic N) is 1. The Morgan fingerprint density at radius 3 is 3.05 bits per heavy atom. The van der Waals surface area contributed by atoms with Gasteiger partial charge in [0.05, 0.1) is 12.2 Å². The molecule has 0 saturated heterocycles. The zero-order chi connectivity index (χ0) is 14.1. The highest BCUT2D eigenvalue weighted by molar-refractivity contribution is 7.10. The van der Waals surface area contributed by atoms with Crippen LogP contribution in [-0.4, -0.2) is 10.5 Å². The molecule has 0 aromatic carbocycles. The fourth-order valence-electron chi connectivity index (χ4n) is 2.43. The summed E-state index contributed by atoms with van der Waals surface area (Å²) >= 11 is 1.69. The van der Waals surface area contributed by atoms with Gasteiger partial charge in [-0.1, -0.05) is 6.92 Å². The molecule has 1 amide bonds. The highest BCUT2D eigenvalue weighted by atomic mass is 32.1. The summed E-state index contributed by atoms with van der Waals surface area (Å²) in [5.74, 6) is -0.0379. The molecule has 0 radical (unpaired) electrons. The van der Waals surface area contributed by atoms with Crippen LogP contribution >= 0.6 is 11.3 Å². The van der Waals surface area contributed by atoms with Crippen LogP contribution in [0.4, 0.5) is 5.69 Å². The van der Waals surface area contributed by atoms with Crippen LogP contribution in [0.2, 0.25) is 0 Å². The number of aryl methyl sites for hydroxylation is 1. The number of carbonyl (C=O) groups is 1. The zero-order valence-corrected chi connectivity index (χ0v) is 12.4. The summed E-state index contributed by atoms with van der Waals surface area (Å²) in [6.07, 6.45) is 5.15. The average Bonchev–Trinajstić information content (AvgIpc) is 3.06. The fourth-order valence-corrected chi connectivity index (χ4v) is 3.34. The van der Waals surface area contributed by atoms with Gasteiger partial charge in [0.2, 0.25) is 0 Å². The van der Waals surface area contributed by atoms with E-state index in [9.17, 15) is 4.79 Å². The van der Waals surface area contributed by atoms with Crippen molar-refractivity contribution < 1.29 is 4.79 Å². The molecule has 1 saturated carbocycles. The fraction of sp³-hybridized carbons (Fsp3) is 0.400. The van der Waals surface area contributed by atoms with Crippen LogP contribution in [0.15, 0.2) is 23.7 Å². The number of hydrogen-bond donors (Lipinski definition) is 2. The van der Waals surface area contributed by atoms with Gasteiger partial charge in [-0.05, 0) is 42.3 Å². The first kappa shape index (κ1) is 13.2. The molecule has 4 nitrogen and oxygen atoms in total. The Morgan fingerprint density at radius 2 is 2.35 bits per heavy atom. The van der Waals surface area contributed by atoms with Crippen molar-refractivity contribution in [2.45, 2.75) is 38.8 Å². The Hall–Kier alpha value is -1.75. The molecular formula is C15H19N3OS. The molecule has 3 N–H and O–H groups in total. The predicted octanol–water partition coefficient (Wildman–Crippen LogP) is 2.96. The molecule has 20 heavy (non-hydrogen) atoms. The van der Waals surface area contributed by atoms with Crippen molar-refractivity contribution in [1.82, 2.24) is 9.88 Å². The molecule has 1 aliphatic rings. The number of anilines is 1. The quantitative estimate of drug-likeness (QED) is 0.889. The van der Waals surface area contributed by atoms with E-state index in [0.29, 0.717) is 24.0 Å². The minimum absolute atomic E-state index is 0.0379. The van der Waals surface area contributed by atoms with Crippen molar-refractivity contribution in [1.29, 1.82) is 0 Å². The average molecular weight is 289 g/mol. The van der Waals surface area contributed by atoms with Crippen LogP contribution in [-0.2, 0) is 13.0 Å². The second-order valence-electron chi connectivity index (χ2n) is 5.20. The van der Waals surface area contributed by atoms with E-state index >= 15 is 0 Å². The molecule has 0 aliphatic heterocycles. The third-order valence-electron chi connectivity index (χ3n) is 3.67. The first-order valence-corrected chi connectivity index (χ1v) is 7.87. The molecule has 106 valence electrons. The minimum atomic E-state index is -0.0379. The van der Waals surface area contributed by atoms with Crippen LogP contribution in [0.25, 0.3) is 0 Å². The summed E-state index contributed by atoms with van der Waals surface area (Å²) in [5, 5.41) is 5.08. The molecule has 2 heterocycles. The summed E-state index contributed by atoms with van der Waals surface area (Å²) < 4.78 is 2.01. The number of nitrogens with one attached hydrogen (secondary N) is 1. The summed E-state index contributed by atoms with van der Waals surface area (Å²) in [4.78, 5) is 13.6. The summed E-state index contributed by atoms with van der Waals surface area (Å²) in [6.45, 7) is 2.72. The van der Waals surface area contributed by atoms with Crippen molar-refractivity contribution >= 4 is 22.9 Å². The van der Waals surface area contributed by atoms with Gasteiger partial charge in [-0.25, -0.2) is 0 Å². The molecule has 2 aromatic rings. The third kappa shape index (κ3) is 2.58. The number of aromatic nitrogens is 1. The van der Waals surface area contributed by atoms with Crippen molar-refractivity contribution in [2.24, 2.45) is 0 Å². The minimum Gasteiger partial charge on any atom is -0.397 e. The Labute approximate surface area is 122 Å². The van der Waals surface area contributed by atoms with Crippen LogP contribution < -0.4 is 11.1 Å². The molecule has 0 atom stereocenters. The van der Waals surface area contributed by atoms with Crippen molar-refractivity contribution in [2.75, 3.05) is 5.73 Å². The SMILES string of the molecule is CCc1ccsc1CNC(=O)c1cc(N)cn1C1CC1. The van der Waals surface area contributed by atoms with Crippen molar-refractivity contribution in [3.05, 3.63) is 39.8 Å². The topological polar surface area (TPSA) is 60.1 Å². The van der Waals surface area contributed by atoms with E-state index in [1.165, 1.54) is 10.4 Å². The Morgan fingerprint density at radius 1 is 1.55 bits per heavy atom. The molecule has 3 rings (SSSR count). The number of nitrogens with two attached hydrogens (primary N) is 1. The summed E-state index contributed by atoms with van der Waals surface area (Å²) in [5.41, 5.74) is 8.47. The molecule has 2 aromatic heterocycles. The lowest BCUT2D eigenvalue weighted by Crippen LogP contribution is -2.25. The summed E-state index contributed by atoms with van der Waals surface area (Å²) in [6, 6.07) is 4.35. The van der Waals surface area contributed by atoms with Gasteiger partial charge in [0, 0.05) is 17.1 Å². The molecule has 1 fully saturated rings. The Balaban J connectivity index is 1.70. The number of nitrogen functional groups attached to an aromatic ring is 1. The van der Waals surface area contributed by atoms with E-state index in [1.807, 2.05) is 10.8 Å². The van der Waals surface area contributed by atoms with E-state index < -0.39 is 0 Å². The van der Waals surface area contributed by atoms with Gasteiger partial charge in [0.1, 0.15) is 5.69 Å². The van der Waals surface area contributed by atoms with E-state index in [2.05, 4.69) is 23.7 Å². The molecule has 1 aliphatic carbocycles. The van der Waals surface area contributed by atoms with Gasteiger partial charge in [-0.3, -0.25) is 4.79 Å². The maximum absolute atomic E-state index is 12.3. The van der Waals surface area contributed by atoms with Gasteiger partial charge in [-0.2, -0.15) is 0 Å². The van der Waals surface area contributed by atoms with Gasteiger partial charge >= 0.3 is 0 Å². The lowest BCUT2D eigenvalue weighted by molar-refractivity contribution is 0.0942. The van der Waals surface area contributed by atoms with Gasteiger partial charge in [0.15, 0.2) is 0 Å². The van der Waals surface area contributed by atoms with Crippen molar-refractivity contribution in [3.8, 4) is 0 Å². The third-order valence-corrected chi connectivity index (χ3v) is 4.63. The van der Waals surface area contributed by atoms with Crippen molar-refractivity contribution in [3.63, 3.8) is 0 Å². The molecule has 0 bridgehead atoms. The monoisotopic (exact) mass is 289 g/mol. The first-order chi connectivity index (χ1) is 9.69. The lowest BCUT2D eigenvalue weighted by Gasteiger charge is -2.08. The van der Waals surface area contributed by atoms with Crippen LogP contribution in [0.5, 0.6) is 0 Å². The summed E-state index contributed by atoms with van der Waals surface area (Å²) in [7, 11) is 0. The smallest absolute Gasteiger partial charge is 0.268 e. The zero-order valence-electron chi connectivity index (χ0n) is 11.6. The highest BCUT2D eigenvalue weighted by Gasteiger charge is 2.27.